The molecule has 0 atom stereocenters. The Hall–Kier alpha value is -2.74. The van der Waals surface area contributed by atoms with Crippen LogP contribution in [0.2, 0.25) is 0 Å². The number of rotatable bonds is 7. The Balaban J connectivity index is 2.02. The summed E-state index contributed by atoms with van der Waals surface area (Å²) in [5.74, 6) is 1.89. The fourth-order valence-electron chi connectivity index (χ4n) is 2.38. The van der Waals surface area contributed by atoms with Crippen LogP contribution in [0.1, 0.15) is 12.5 Å². The summed E-state index contributed by atoms with van der Waals surface area (Å²) in [4.78, 5) is 4.50. The topological polar surface area (TPSA) is 89.0 Å². The van der Waals surface area contributed by atoms with Crippen LogP contribution in [0.15, 0.2) is 52.4 Å². The van der Waals surface area contributed by atoms with Gasteiger partial charge in [0.15, 0.2) is 27.3 Å². The Morgan fingerprint density at radius 3 is 2.37 bits per heavy atom. The normalized spacial score (nSPS) is 11.8. The van der Waals surface area contributed by atoms with Gasteiger partial charge in [-0.1, -0.05) is 12.1 Å². The number of anilines is 1. The van der Waals surface area contributed by atoms with E-state index in [0.29, 0.717) is 35.5 Å². The van der Waals surface area contributed by atoms with Crippen LogP contribution in [0.3, 0.4) is 0 Å². The summed E-state index contributed by atoms with van der Waals surface area (Å²) in [6.45, 7) is 2.97. The molecule has 2 aromatic carbocycles. The molecule has 0 amide bonds. The van der Waals surface area contributed by atoms with Crippen LogP contribution in [0, 0.1) is 0 Å². The van der Waals surface area contributed by atoms with Gasteiger partial charge in [-0.3, -0.25) is 4.99 Å². The van der Waals surface area contributed by atoms with Crippen molar-refractivity contribution in [3.63, 3.8) is 0 Å². The summed E-state index contributed by atoms with van der Waals surface area (Å²) in [6, 6.07) is 12.3. The molecule has 0 aliphatic carbocycles. The highest BCUT2D eigenvalue weighted by Crippen LogP contribution is 2.30. The van der Waals surface area contributed by atoms with Gasteiger partial charge in [0, 0.05) is 31.6 Å². The maximum atomic E-state index is 11.5. The minimum Gasteiger partial charge on any atom is -0.493 e. The highest BCUT2D eigenvalue weighted by Gasteiger charge is 2.08. The smallest absolute Gasteiger partial charge is 0.195 e. The molecule has 0 unspecified atom stereocenters. The first kappa shape index (κ1) is 20.6. The molecule has 2 N–H and O–H groups in total. The average Bonchev–Trinajstić information content (AvgIpc) is 2.66. The molecule has 0 heterocycles. The minimum atomic E-state index is -3.19. The summed E-state index contributed by atoms with van der Waals surface area (Å²) >= 11 is 0. The molecule has 0 bridgehead atoms. The van der Waals surface area contributed by atoms with Crippen molar-refractivity contribution in [3.05, 3.63) is 48.0 Å². The quantitative estimate of drug-likeness (QED) is 0.557. The molecule has 27 heavy (non-hydrogen) atoms. The van der Waals surface area contributed by atoms with Gasteiger partial charge >= 0.3 is 0 Å². The van der Waals surface area contributed by atoms with Crippen molar-refractivity contribution in [2.45, 2.75) is 18.4 Å². The monoisotopic (exact) mass is 391 g/mol. The molecule has 8 heteroatoms. The molecule has 7 nitrogen and oxygen atoms in total. The van der Waals surface area contributed by atoms with E-state index >= 15 is 0 Å². The van der Waals surface area contributed by atoms with Crippen molar-refractivity contribution in [2.75, 3.05) is 32.3 Å². The Morgan fingerprint density at radius 2 is 1.81 bits per heavy atom. The molecule has 0 saturated carbocycles. The minimum absolute atomic E-state index is 0.301. The van der Waals surface area contributed by atoms with E-state index in [0.717, 1.165) is 11.3 Å². The summed E-state index contributed by atoms with van der Waals surface area (Å²) in [7, 11) is 0.0774. The van der Waals surface area contributed by atoms with Crippen LogP contribution in [-0.4, -0.2) is 41.4 Å². The average molecular weight is 391 g/mol. The zero-order chi connectivity index (χ0) is 19.9. The molecule has 0 aromatic heterocycles. The molecule has 0 fully saturated rings. The number of ether oxygens (including phenoxy) is 2. The maximum absolute atomic E-state index is 11.5. The lowest BCUT2D eigenvalue weighted by molar-refractivity contribution is 0.311. The van der Waals surface area contributed by atoms with Gasteiger partial charge < -0.3 is 20.1 Å². The van der Waals surface area contributed by atoms with Crippen molar-refractivity contribution in [3.8, 4) is 11.5 Å². The number of nitrogens with zero attached hydrogens (tertiary/aromatic N) is 1. The number of hydrogen-bond donors (Lipinski definition) is 2. The fourth-order valence-corrected chi connectivity index (χ4v) is 3.01. The Labute approximate surface area is 160 Å². The largest absolute Gasteiger partial charge is 0.493 e. The third-order valence-corrected chi connectivity index (χ3v) is 4.89. The van der Waals surface area contributed by atoms with Gasteiger partial charge in [-0.05, 0) is 36.8 Å². The van der Waals surface area contributed by atoms with Gasteiger partial charge in [0.2, 0.25) is 0 Å². The van der Waals surface area contributed by atoms with E-state index in [2.05, 4.69) is 15.6 Å². The summed E-state index contributed by atoms with van der Waals surface area (Å²) < 4.78 is 33.9. The predicted molar refractivity (Wildman–Crippen MR) is 108 cm³/mol. The predicted octanol–water partition coefficient (Wildman–Crippen LogP) is 2.68. The van der Waals surface area contributed by atoms with Gasteiger partial charge in [-0.25, -0.2) is 8.42 Å². The zero-order valence-electron chi connectivity index (χ0n) is 15.9. The lowest BCUT2D eigenvalue weighted by atomic mass is 10.2. The fraction of sp³-hybridized carbons (Fsp3) is 0.316. The zero-order valence-corrected chi connectivity index (χ0v) is 16.8. The molecule has 0 spiro atoms. The molecule has 2 aromatic rings. The van der Waals surface area contributed by atoms with Crippen molar-refractivity contribution >= 4 is 21.5 Å². The highest BCUT2D eigenvalue weighted by atomic mass is 32.2. The first-order valence-corrected chi connectivity index (χ1v) is 10.3. The number of guanidine groups is 1. The van der Waals surface area contributed by atoms with Gasteiger partial charge in [0.1, 0.15) is 0 Å². The summed E-state index contributed by atoms with van der Waals surface area (Å²) in [5, 5.41) is 6.37. The lowest BCUT2D eigenvalue weighted by Gasteiger charge is -2.14. The third-order valence-electron chi connectivity index (χ3n) is 3.76. The first-order chi connectivity index (χ1) is 12.9. The Kier molecular flexibility index (Phi) is 7.06. The molecule has 146 valence electrons. The van der Waals surface area contributed by atoms with E-state index in [4.69, 9.17) is 9.47 Å². The van der Waals surface area contributed by atoms with Crippen LogP contribution in [0.5, 0.6) is 11.5 Å². The standard InChI is InChI=1S/C19H25N3O4S/c1-5-26-17-11-8-15(12-18(17)25-3)22-19(20-2)21-13-14-6-9-16(10-7-14)27(4,23)24/h6-12H,5,13H2,1-4H3,(H2,20,21,22). The van der Waals surface area contributed by atoms with E-state index in [-0.39, 0.29) is 0 Å². The van der Waals surface area contributed by atoms with Crippen LogP contribution in [0.4, 0.5) is 5.69 Å². The number of hydrogen-bond acceptors (Lipinski definition) is 5. The molecule has 0 aliphatic heterocycles. The SMILES string of the molecule is CCOc1ccc(NC(=NC)NCc2ccc(S(C)(=O)=O)cc2)cc1OC. The second-order valence-electron chi connectivity index (χ2n) is 5.77. The van der Waals surface area contributed by atoms with Crippen molar-refractivity contribution in [2.24, 2.45) is 4.99 Å². The van der Waals surface area contributed by atoms with Crippen molar-refractivity contribution < 1.29 is 17.9 Å². The van der Waals surface area contributed by atoms with Crippen molar-refractivity contribution in [1.29, 1.82) is 0 Å². The number of aliphatic imine (C=N–C) groups is 1. The number of sulfone groups is 1. The molecule has 2 rings (SSSR count). The van der Waals surface area contributed by atoms with Crippen LogP contribution in [-0.2, 0) is 16.4 Å². The number of benzene rings is 2. The highest BCUT2D eigenvalue weighted by molar-refractivity contribution is 7.90. The van der Waals surface area contributed by atoms with E-state index in [1.54, 1.807) is 38.4 Å². The molecule has 0 aliphatic rings. The summed E-state index contributed by atoms with van der Waals surface area (Å²) in [5.41, 5.74) is 1.74. The van der Waals surface area contributed by atoms with Gasteiger partial charge in [-0.15, -0.1) is 0 Å². The van der Waals surface area contributed by atoms with E-state index in [1.807, 2.05) is 25.1 Å². The van der Waals surface area contributed by atoms with Gasteiger partial charge in [0.05, 0.1) is 18.6 Å². The van der Waals surface area contributed by atoms with E-state index < -0.39 is 9.84 Å². The lowest BCUT2D eigenvalue weighted by Crippen LogP contribution is -2.30. The molecular weight excluding hydrogens is 366 g/mol. The molecule has 0 saturated heterocycles. The van der Waals surface area contributed by atoms with Gasteiger partial charge in [0.25, 0.3) is 0 Å². The van der Waals surface area contributed by atoms with Crippen LogP contribution >= 0.6 is 0 Å². The van der Waals surface area contributed by atoms with E-state index in [1.165, 1.54) is 6.26 Å². The Bertz CT molecular complexity index is 894. The van der Waals surface area contributed by atoms with Gasteiger partial charge in [-0.2, -0.15) is 0 Å². The van der Waals surface area contributed by atoms with Crippen molar-refractivity contribution in [1.82, 2.24) is 5.32 Å². The van der Waals surface area contributed by atoms with Crippen LogP contribution < -0.4 is 20.1 Å². The summed E-state index contributed by atoms with van der Waals surface area (Å²) in [6.07, 6.45) is 1.19. The molecular formula is C19H25N3O4S. The Morgan fingerprint density at radius 1 is 1.11 bits per heavy atom. The first-order valence-electron chi connectivity index (χ1n) is 8.45. The van der Waals surface area contributed by atoms with Crippen LogP contribution in [0.25, 0.3) is 0 Å². The van der Waals surface area contributed by atoms with E-state index in [9.17, 15) is 8.42 Å². The second kappa shape index (κ2) is 9.27. The maximum Gasteiger partial charge on any atom is 0.195 e. The molecule has 0 radical (unpaired) electrons. The number of methoxy groups -OCH3 is 1. The number of nitrogens with one attached hydrogen (secondary N) is 2. The third kappa shape index (κ3) is 5.89. The second-order valence-corrected chi connectivity index (χ2v) is 7.78.